The Hall–Kier alpha value is -0.870. The van der Waals surface area contributed by atoms with E-state index in [0.717, 1.165) is 10.9 Å². The molecule has 1 aliphatic rings. The van der Waals surface area contributed by atoms with Gasteiger partial charge in [0.25, 0.3) is 0 Å². The molecule has 2 rings (SSSR count). The average molecular weight is 312 g/mol. The maximum absolute atomic E-state index is 12.0. The first-order valence-electron chi connectivity index (χ1n) is 6.11. The van der Waals surface area contributed by atoms with Gasteiger partial charge in [0.05, 0.1) is 12.1 Å². The van der Waals surface area contributed by atoms with E-state index in [1.54, 1.807) is 0 Å². The topological polar surface area (TPSA) is 49.3 Å². The van der Waals surface area contributed by atoms with E-state index < -0.39 is 5.54 Å². The number of amides is 1. The SMILES string of the molecule is CC(C)(CO)NC(=O)C1CC1c1ccc(Br)cc1. The van der Waals surface area contributed by atoms with Crippen molar-refractivity contribution >= 4 is 21.8 Å². The average Bonchev–Trinajstić information content (AvgIpc) is 3.09. The number of hydrogen-bond donors (Lipinski definition) is 2. The van der Waals surface area contributed by atoms with Crippen molar-refractivity contribution in [3.63, 3.8) is 0 Å². The lowest BCUT2D eigenvalue weighted by molar-refractivity contribution is -0.124. The highest BCUT2D eigenvalue weighted by Crippen LogP contribution is 2.47. The maximum atomic E-state index is 12.0. The van der Waals surface area contributed by atoms with Gasteiger partial charge < -0.3 is 10.4 Å². The second-order valence-corrected chi connectivity index (χ2v) is 6.45. The van der Waals surface area contributed by atoms with Gasteiger partial charge in [-0.2, -0.15) is 0 Å². The summed E-state index contributed by atoms with van der Waals surface area (Å²) in [6, 6.07) is 8.11. The van der Waals surface area contributed by atoms with Crippen LogP contribution < -0.4 is 5.32 Å². The Morgan fingerprint density at radius 2 is 2.06 bits per heavy atom. The van der Waals surface area contributed by atoms with Crippen LogP contribution in [0.2, 0.25) is 0 Å². The van der Waals surface area contributed by atoms with E-state index in [1.807, 2.05) is 26.0 Å². The minimum Gasteiger partial charge on any atom is -0.394 e. The van der Waals surface area contributed by atoms with Crippen molar-refractivity contribution in [2.45, 2.75) is 31.7 Å². The number of aliphatic hydroxyl groups excluding tert-OH is 1. The van der Waals surface area contributed by atoms with E-state index in [-0.39, 0.29) is 18.4 Å². The highest BCUT2D eigenvalue weighted by Gasteiger charge is 2.44. The maximum Gasteiger partial charge on any atom is 0.224 e. The molecule has 2 atom stereocenters. The van der Waals surface area contributed by atoms with Gasteiger partial charge in [0.1, 0.15) is 0 Å². The Morgan fingerprint density at radius 1 is 1.44 bits per heavy atom. The Balaban J connectivity index is 1.95. The molecule has 0 radical (unpaired) electrons. The molecule has 1 aromatic carbocycles. The summed E-state index contributed by atoms with van der Waals surface area (Å²) in [5.41, 5.74) is 0.671. The molecule has 0 aliphatic heterocycles. The fourth-order valence-electron chi connectivity index (χ4n) is 2.03. The second-order valence-electron chi connectivity index (χ2n) is 5.53. The van der Waals surface area contributed by atoms with Gasteiger partial charge in [0.15, 0.2) is 0 Å². The standard InChI is InChI=1S/C14H18BrNO2/c1-14(2,8-17)16-13(18)12-7-11(12)9-3-5-10(15)6-4-9/h3-6,11-12,17H,7-8H2,1-2H3,(H,16,18). The molecule has 18 heavy (non-hydrogen) atoms. The lowest BCUT2D eigenvalue weighted by Gasteiger charge is -2.23. The van der Waals surface area contributed by atoms with Crippen LogP contribution in [-0.4, -0.2) is 23.2 Å². The van der Waals surface area contributed by atoms with Gasteiger partial charge in [0.2, 0.25) is 5.91 Å². The third kappa shape index (κ3) is 3.12. The predicted octanol–water partition coefficient (Wildman–Crippen LogP) is 2.44. The van der Waals surface area contributed by atoms with Crippen LogP contribution in [0.3, 0.4) is 0 Å². The first-order valence-corrected chi connectivity index (χ1v) is 6.90. The molecule has 1 saturated carbocycles. The molecule has 0 bridgehead atoms. The minimum absolute atomic E-state index is 0.0435. The van der Waals surface area contributed by atoms with Gasteiger partial charge >= 0.3 is 0 Å². The van der Waals surface area contributed by atoms with Crippen LogP contribution in [0, 0.1) is 5.92 Å². The Morgan fingerprint density at radius 3 is 2.61 bits per heavy atom. The molecular formula is C14H18BrNO2. The lowest BCUT2D eigenvalue weighted by Crippen LogP contribution is -2.47. The molecule has 2 unspecified atom stereocenters. The number of benzene rings is 1. The summed E-state index contributed by atoms with van der Waals surface area (Å²) in [5, 5.41) is 12.0. The van der Waals surface area contributed by atoms with Gasteiger partial charge in [0, 0.05) is 10.4 Å². The number of rotatable bonds is 4. The monoisotopic (exact) mass is 311 g/mol. The summed E-state index contributed by atoms with van der Waals surface area (Å²) in [6.45, 7) is 3.60. The van der Waals surface area contributed by atoms with Gasteiger partial charge in [-0.3, -0.25) is 4.79 Å². The first kappa shape index (κ1) is 13.6. The van der Waals surface area contributed by atoms with E-state index in [1.165, 1.54) is 5.56 Å². The second kappa shape index (κ2) is 5.02. The molecule has 1 amide bonds. The fourth-order valence-corrected chi connectivity index (χ4v) is 2.29. The van der Waals surface area contributed by atoms with Gasteiger partial charge in [-0.15, -0.1) is 0 Å². The largest absolute Gasteiger partial charge is 0.394 e. The third-order valence-corrected chi connectivity index (χ3v) is 3.81. The Labute approximate surface area is 116 Å². The molecule has 2 N–H and O–H groups in total. The molecule has 1 aromatic rings. The van der Waals surface area contributed by atoms with Crippen LogP contribution >= 0.6 is 15.9 Å². The van der Waals surface area contributed by atoms with Crippen molar-refractivity contribution in [1.29, 1.82) is 0 Å². The van der Waals surface area contributed by atoms with Crippen molar-refractivity contribution in [1.82, 2.24) is 5.32 Å². The smallest absolute Gasteiger partial charge is 0.224 e. The number of carbonyl (C=O) groups excluding carboxylic acids is 1. The zero-order valence-corrected chi connectivity index (χ0v) is 12.2. The zero-order chi connectivity index (χ0) is 13.3. The lowest BCUT2D eigenvalue weighted by atomic mass is 10.1. The molecule has 1 aliphatic carbocycles. The van der Waals surface area contributed by atoms with Crippen LogP contribution in [0.15, 0.2) is 28.7 Å². The van der Waals surface area contributed by atoms with Crippen molar-refractivity contribution < 1.29 is 9.90 Å². The Kier molecular flexibility index (Phi) is 3.78. The first-order chi connectivity index (χ1) is 8.43. The van der Waals surface area contributed by atoms with Crippen LogP contribution in [0.5, 0.6) is 0 Å². The third-order valence-electron chi connectivity index (χ3n) is 3.28. The van der Waals surface area contributed by atoms with Crippen LogP contribution in [0.1, 0.15) is 31.7 Å². The predicted molar refractivity (Wildman–Crippen MR) is 74.3 cm³/mol. The van der Waals surface area contributed by atoms with E-state index in [2.05, 4.69) is 33.4 Å². The Bertz CT molecular complexity index is 442. The van der Waals surface area contributed by atoms with Crippen molar-refractivity contribution in [3.8, 4) is 0 Å². The number of hydrogen-bond acceptors (Lipinski definition) is 2. The molecule has 0 saturated heterocycles. The van der Waals surface area contributed by atoms with Crippen LogP contribution in [0.4, 0.5) is 0 Å². The summed E-state index contributed by atoms with van der Waals surface area (Å²) in [6.07, 6.45) is 0.898. The van der Waals surface area contributed by atoms with Gasteiger partial charge in [-0.25, -0.2) is 0 Å². The van der Waals surface area contributed by atoms with Crippen LogP contribution in [0.25, 0.3) is 0 Å². The highest BCUT2D eigenvalue weighted by molar-refractivity contribution is 9.10. The minimum atomic E-state index is -0.538. The molecule has 0 aromatic heterocycles. The molecule has 3 nitrogen and oxygen atoms in total. The normalized spacial score (nSPS) is 22.7. The van der Waals surface area contributed by atoms with E-state index >= 15 is 0 Å². The highest BCUT2D eigenvalue weighted by atomic mass is 79.9. The number of nitrogens with one attached hydrogen (secondary N) is 1. The van der Waals surface area contributed by atoms with Crippen LogP contribution in [-0.2, 0) is 4.79 Å². The number of halogens is 1. The molecule has 4 heteroatoms. The van der Waals surface area contributed by atoms with E-state index in [9.17, 15) is 4.79 Å². The molecular weight excluding hydrogens is 294 g/mol. The van der Waals surface area contributed by atoms with E-state index in [0.29, 0.717) is 5.92 Å². The molecule has 1 fully saturated rings. The zero-order valence-electron chi connectivity index (χ0n) is 10.6. The molecule has 0 heterocycles. The van der Waals surface area contributed by atoms with Gasteiger partial charge in [-0.05, 0) is 43.9 Å². The summed E-state index contributed by atoms with van der Waals surface area (Å²) in [7, 11) is 0. The summed E-state index contributed by atoms with van der Waals surface area (Å²) >= 11 is 3.40. The number of carbonyl (C=O) groups is 1. The summed E-state index contributed by atoms with van der Waals surface area (Å²) in [4.78, 5) is 12.0. The van der Waals surface area contributed by atoms with Gasteiger partial charge in [-0.1, -0.05) is 28.1 Å². The van der Waals surface area contributed by atoms with Crippen molar-refractivity contribution in [2.75, 3.05) is 6.61 Å². The van der Waals surface area contributed by atoms with E-state index in [4.69, 9.17) is 5.11 Å². The van der Waals surface area contributed by atoms with Crippen molar-refractivity contribution in [2.24, 2.45) is 5.92 Å². The summed E-state index contributed by atoms with van der Waals surface area (Å²) < 4.78 is 1.05. The molecule has 98 valence electrons. The van der Waals surface area contributed by atoms with Crippen molar-refractivity contribution in [3.05, 3.63) is 34.3 Å². The summed E-state index contributed by atoms with van der Waals surface area (Å²) in [5.74, 6) is 0.423. The number of aliphatic hydroxyl groups is 1. The molecule has 0 spiro atoms. The quantitative estimate of drug-likeness (QED) is 0.897. The fraction of sp³-hybridized carbons (Fsp3) is 0.500.